The average molecular weight is 314 g/mol. The molecule has 1 aromatic carbocycles. The Morgan fingerprint density at radius 1 is 1.39 bits per heavy atom. The quantitative estimate of drug-likeness (QED) is 0.733. The number of amides is 2. The highest BCUT2D eigenvalue weighted by atomic mass is 16.3. The molecule has 6 heteroatoms. The van der Waals surface area contributed by atoms with E-state index in [0.29, 0.717) is 13.1 Å². The summed E-state index contributed by atoms with van der Waals surface area (Å²) in [6, 6.07) is 7.81. The Labute approximate surface area is 135 Å². The lowest BCUT2D eigenvalue weighted by Gasteiger charge is -2.14. The number of benzene rings is 1. The molecule has 1 aromatic heterocycles. The first-order valence-corrected chi connectivity index (χ1v) is 7.93. The summed E-state index contributed by atoms with van der Waals surface area (Å²) in [7, 11) is 0. The van der Waals surface area contributed by atoms with Gasteiger partial charge in [-0.15, -0.1) is 0 Å². The van der Waals surface area contributed by atoms with Crippen LogP contribution in [-0.2, 0) is 6.54 Å². The maximum absolute atomic E-state index is 11.9. The number of nitrogens with zero attached hydrogens (tertiary/aromatic N) is 2. The van der Waals surface area contributed by atoms with Crippen LogP contribution in [0, 0.1) is 12.8 Å². The van der Waals surface area contributed by atoms with E-state index >= 15 is 0 Å². The third-order valence-corrected chi connectivity index (χ3v) is 4.19. The number of para-hydroxylation sites is 2. The van der Waals surface area contributed by atoms with Crippen molar-refractivity contribution in [2.24, 2.45) is 5.92 Å². The fourth-order valence-electron chi connectivity index (χ4n) is 3.00. The monoisotopic (exact) mass is 314 g/mol. The molecule has 122 valence electrons. The number of rotatable bonds is 5. The molecule has 0 aliphatic heterocycles. The lowest BCUT2D eigenvalue weighted by Crippen LogP contribution is -2.42. The molecule has 0 spiro atoms. The van der Waals surface area contributed by atoms with Crippen molar-refractivity contribution in [3.05, 3.63) is 42.2 Å². The Hall–Kier alpha value is -2.34. The standard InChI is InChI=1S/C17H22N4O2/c1-12-19-15-4-2-3-5-16(15)21(12)9-8-18-17(23)20-14-7-6-13(10-14)11-22/h2-7,13-14,22H,8-11H2,1H3,(H2,18,20,23)/t13-,14+/m0/s1. The molecule has 23 heavy (non-hydrogen) atoms. The second kappa shape index (κ2) is 6.83. The van der Waals surface area contributed by atoms with Gasteiger partial charge < -0.3 is 20.3 Å². The smallest absolute Gasteiger partial charge is 0.315 e. The van der Waals surface area contributed by atoms with Gasteiger partial charge in [-0.2, -0.15) is 0 Å². The largest absolute Gasteiger partial charge is 0.396 e. The van der Waals surface area contributed by atoms with Gasteiger partial charge in [0.1, 0.15) is 5.82 Å². The Morgan fingerprint density at radius 3 is 3.00 bits per heavy atom. The van der Waals surface area contributed by atoms with Gasteiger partial charge in [-0.3, -0.25) is 0 Å². The molecule has 0 saturated heterocycles. The van der Waals surface area contributed by atoms with E-state index in [1.165, 1.54) is 0 Å². The minimum atomic E-state index is -0.180. The van der Waals surface area contributed by atoms with Gasteiger partial charge in [0, 0.05) is 31.7 Å². The molecule has 1 aliphatic rings. The second-order valence-corrected chi connectivity index (χ2v) is 5.87. The zero-order valence-corrected chi connectivity index (χ0v) is 13.2. The molecular weight excluding hydrogens is 292 g/mol. The molecule has 0 radical (unpaired) electrons. The highest BCUT2D eigenvalue weighted by molar-refractivity contribution is 5.76. The summed E-state index contributed by atoms with van der Waals surface area (Å²) in [5.41, 5.74) is 2.05. The van der Waals surface area contributed by atoms with Gasteiger partial charge in [-0.05, 0) is 25.5 Å². The van der Waals surface area contributed by atoms with Crippen LogP contribution in [0.25, 0.3) is 11.0 Å². The Bertz CT molecular complexity index is 722. The van der Waals surface area contributed by atoms with E-state index < -0.39 is 0 Å². The van der Waals surface area contributed by atoms with Crippen LogP contribution in [0.5, 0.6) is 0 Å². The third kappa shape index (κ3) is 3.53. The average Bonchev–Trinajstić information content (AvgIpc) is 3.12. The number of fused-ring (bicyclic) bond motifs is 1. The molecule has 0 saturated carbocycles. The molecule has 2 amide bonds. The van der Waals surface area contributed by atoms with Crippen molar-refractivity contribution < 1.29 is 9.90 Å². The number of aromatic nitrogens is 2. The van der Waals surface area contributed by atoms with Crippen molar-refractivity contribution in [2.75, 3.05) is 13.2 Å². The van der Waals surface area contributed by atoms with Crippen LogP contribution in [0.3, 0.4) is 0 Å². The van der Waals surface area contributed by atoms with E-state index in [1.54, 1.807) is 0 Å². The van der Waals surface area contributed by atoms with Crippen molar-refractivity contribution in [2.45, 2.75) is 25.9 Å². The topological polar surface area (TPSA) is 79.2 Å². The van der Waals surface area contributed by atoms with Crippen molar-refractivity contribution in [3.8, 4) is 0 Å². The molecule has 6 nitrogen and oxygen atoms in total. The minimum Gasteiger partial charge on any atom is -0.396 e. The summed E-state index contributed by atoms with van der Waals surface area (Å²) in [5.74, 6) is 1.10. The van der Waals surface area contributed by atoms with Crippen molar-refractivity contribution in [3.63, 3.8) is 0 Å². The normalized spacial score (nSPS) is 20.1. The van der Waals surface area contributed by atoms with Crippen LogP contribution in [-0.4, -0.2) is 39.9 Å². The molecule has 2 atom stereocenters. The Balaban J connectivity index is 1.50. The van der Waals surface area contributed by atoms with Gasteiger partial charge in [0.05, 0.1) is 11.0 Å². The van der Waals surface area contributed by atoms with Gasteiger partial charge in [0.15, 0.2) is 0 Å². The molecule has 0 unspecified atom stereocenters. The highest BCUT2D eigenvalue weighted by Crippen LogP contribution is 2.17. The van der Waals surface area contributed by atoms with E-state index in [1.807, 2.05) is 43.3 Å². The maximum Gasteiger partial charge on any atom is 0.315 e. The fraction of sp³-hybridized carbons (Fsp3) is 0.412. The number of nitrogens with one attached hydrogen (secondary N) is 2. The first kappa shape index (κ1) is 15.6. The summed E-state index contributed by atoms with van der Waals surface area (Å²) in [5, 5.41) is 14.9. The molecule has 1 aliphatic carbocycles. The number of aliphatic hydroxyl groups excluding tert-OH is 1. The summed E-state index contributed by atoms with van der Waals surface area (Å²) >= 11 is 0. The van der Waals surface area contributed by atoms with Crippen molar-refractivity contribution in [1.29, 1.82) is 0 Å². The van der Waals surface area contributed by atoms with E-state index in [-0.39, 0.29) is 24.6 Å². The molecule has 3 rings (SSSR count). The van der Waals surface area contributed by atoms with E-state index in [9.17, 15) is 4.79 Å². The summed E-state index contributed by atoms with van der Waals surface area (Å²) in [6.45, 7) is 3.31. The number of hydrogen-bond donors (Lipinski definition) is 3. The number of imidazole rings is 1. The van der Waals surface area contributed by atoms with E-state index in [4.69, 9.17) is 5.11 Å². The first-order chi connectivity index (χ1) is 11.2. The number of aryl methyl sites for hydroxylation is 1. The lowest BCUT2D eigenvalue weighted by atomic mass is 10.1. The zero-order valence-electron chi connectivity index (χ0n) is 13.2. The maximum atomic E-state index is 11.9. The zero-order chi connectivity index (χ0) is 16.2. The molecule has 0 fully saturated rings. The molecule has 0 bridgehead atoms. The first-order valence-electron chi connectivity index (χ1n) is 7.93. The van der Waals surface area contributed by atoms with E-state index in [0.717, 1.165) is 23.3 Å². The van der Waals surface area contributed by atoms with Gasteiger partial charge >= 0.3 is 6.03 Å². The predicted molar refractivity (Wildman–Crippen MR) is 89.1 cm³/mol. The number of urea groups is 1. The molecule has 2 aromatic rings. The Kier molecular flexibility index (Phi) is 4.62. The number of carbonyl (C=O) groups is 1. The lowest BCUT2D eigenvalue weighted by molar-refractivity contribution is 0.231. The van der Waals surface area contributed by atoms with Gasteiger partial charge in [0.2, 0.25) is 0 Å². The number of aliphatic hydroxyl groups is 1. The van der Waals surface area contributed by atoms with Gasteiger partial charge in [-0.25, -0.2) is 9.78 Å². The number of carbonyl (C=O) groups excluding carboxylic acids is 1. The minimum absolute atomic E-state index is 0.00274. The second-order valence-electron chi connectivity index (χ2n) is 5.87. The summed E-state index contributed by atoms with van der Waals surface area (Å²) < 4.78 is 2.10. The predicted octanol–water partition coefficient (Wildman–Crippen LogP) is 1.58. The van der Waals surface area contributed by atoms with Crippen LogP contribution in [0.2, 0.25) is 0 Å². The highest BCUT2D eigenvalue weighted by Gasteiger charge is 2.19. The van der Waals surface area contributed by atoms with Gasteiger partial charge in [0.25, 0.3) is 0 Å². The number of hydrogen-bond acceptors (Lipinski definition) is 3. The fourth-order valence-corrected chi connectivity index (χ4v) is 3.00. The van der Waals surface area contributed by atoms with Crippen molar-refractivity contribution >= 4 is 17.1 Å². The van der Waals surface area contributed by atoms with Crippen molar-refractivity contribution in [1.82, 2.24) is 20.2 Å². The SMILES string of the molecule is Cc1nc2ccccc2n1CCNC(=O)N[C@@H]1C=C[C@H](CO)C1. The molecule has 3 N–H and O–H groups in total. The summed E-state index contributed by atoms with van der Waals surface area (Å²) in [4.78, 5) is 16.4. The van der Waals surface area contributed by atoms with Crippen LogP contribution in [0.1, 0.15) is 12.2 Å². The molecular formula is C17H22N4O2. The van der Waals surface area contributed by atoms with Gasteiger partial charge in [-0.1, -0.05) is 24.3 Å². The Morgan fingerprint density at radius 2 is 2.22 bits per heavy atom. The molecule has 1 heterocycles. The van der Waals surface area contributed by atoms with E-state index in [2.05, 4.69) is 20.2 Å². The summed E-state index contributed by atoms with van der Waals surface area (Å²) in [6.07, 6.45) is 4.65. The third-order valence-electron chi connectivity index (χ3n) is 4.19. The van der Waals surface area contributed by atoms with Crippen LogP contribution < -0.4 is 10.6 Å². The van der Waals surface area contributed by atoms with Crippen LogP contribution >= 0.6 is 0 Å². The van der Waals surface area contributed by atoms with Crippen LogP contribution in [0.15, 0.2) is 36.4 Å². The van der Waals surface area contributed by atoms with Crippen LogP contribution in [0.4, 0.5) is 4.79 Å².